The van der Waals surface area contributed by atoms with E-state index in [-0.39, 0.29) is 40.1 Å². The third kappa shape index (κ3) is 6.45. The van der Waals surface area contributed by atoms with Crippen LogP contribution >= 0.6 is 12.2 Å². The maximum atomic E-state index is 5.49. The van der Waals surface area contributed by atoms with E-state index < -0.39 is 0 Å². The van der Waals surface area contributed by atoms with E-state index in [4.69, 9.17) is 27.0 Å². The van der Waals surface area contributed by atoms with Gasteiger partial charge in [-0.1, -0.05) is 13.8 Å². The van der Waals surface area contributed by atoms with Gasteiger partial charge in [0.1, 0.15) is 5.52 Å². The Morgan fingerprint density at radius 3 is 2.32 bits per heavy atom. The fraction of sp³-hybridized carbons (Fsp3) is 0.364. The maximum absolute atomic E-state index is 5.49. The van der Waals surface area contributed by atoms with Gasteiger partial charge in [-0.2, -0.15) is 0 Å². The SMILES string of the molecule is CC.CNC(=S)Nc1ccc(-c2nc(N3CCOCC3)c3ccc(C)n3n2)cc1.[CH3-].[Y]. The predicted octanol–water partition coefficient (Wildman–Crippen LogP) is 3.93. The van der Waals surface area contributed by atoms with E-state index in [2.05, 4.69) is 34.6 Å². The average molecular weight is 517 g/mol. The van der Waals surface area contributed by atoms with Gasteiger partial charge >= 0.3 is 0 Å². The number of aromatic nitrogens is 3. The summed E-state index contributed by atoms with van der Waals surface area (Å²) in [5, 5.41) is 11.4. The average Bonchev–Trinajstić information content (AvgIpc) is 3.16. The molecule has 1 aliphatic heterocycles. The molecule has 7 nitrogen and oxygen atoms in total. The van der Waals surface area contributed by atoms with Crippen LogP contribution in [0.4, 0.5) is 11.5 Å². The zero-order valence-corrected chi connectivity index (χ0v) is 22.6. The number of hydrogen-bond acceptors (Lipinski definition) is 5. The van der Waals surface area contributed by atoms with E-state index in [1.54, 1.807) is 7.05 Å². The van der Waals surface area contributed by atoms with Crippen molar-refractivity contribution in [2.45, 2.75) is 20.8 Å². The van der Waals surface area contributed by atoms with E-state index >= 15 is 0 Å². The van der Waals surface area contributed by atoms with Crippen molar-refractivity contribution in [3.05, 3.63) is 49.5 Å². The van der Waals surface area contributed by atoms with Crippen LogP contribution in [0.25, 0.3) is 16.9 Å². The van der Waals surface area contributed by atoms with Gasteiger partial charge in [-0.3, -0.25) is 0 Å². The van der Waals surface area contributed by atoms with E-state index in [0.717, 1.165) is 54.6 Å². The minimum absolute atomic E-state index is 0. The molecule has 165 valence electrons. The number of anilines is 2. The standard InChI is InChI=1S/C19H22N6OS.C2H6.CH3.Y/c1-13-3-8-16-18(24-9-11-26-12-10-24)22-17(23-25(13)16)14-4-6-15(7-5-14)21-19(27)20-2;1-2;;/h3-8H,9-12H2,1-2H3,(H2,20,21,27);1-2H3;1H3;/q;;-1;. The van der Waals surface area contributed by atoms with Gasteiger partial charge in [0.2, 0.25) is 0 Å². The first-order chi connectivity index (χ1) is 14.2. The Kier molecular flexibility index (Phi) is 11.6. The number of rotatable bonds is 3. The Labute approximate surface area is 215 Å². The van der Waals surface area contributed by atoms with Crippen LogP contribution in [0.3, 0.4) is 0 Å². The Hall–Kier alpha value is -1.61. The van der Waals surface area contributed by atoms with Gasteiger partial charge in [-0.25, -0.2) is 9.50 Å². The van der Waals surface area contributed by atoms with E-state index in [0.29, 0.717) is 10.9 Å². The Balaban J connectivity index is 0.00000117. The molecule has 0 saturated carbocycles. The third-order valence-corrected chi connectivity index (χ3v) is 4.93. The van der Waals surface area contributed by atoms with Crippen LogP contribution < -0.4 is 15.5 Å². The molecule has 9 heteroatoms. The molecule has 1 radical (unpaired) electrons. The molecule has 2 aromatic heterocycles. The van der Waals surface area contributed by atoms with Crippen molar-refractivity contribution < 1.29 is 37.4 Å². The van der Waals surface area contributed by atoms with Crippen molar-refractivity contribution in [3.63, 3.8) is 0 Å². The molecule has 3 heterocycles. The van der Waals surface area contributed by atoms with Crippen molar-refractivity contribution in [2.24, 2.45) is 0 Å². The van der Waals surface area contributed by atoms with Crippen LogP contribution in [0.2, 0.25) is 0 Å². The number of thiocarbonyl (C=S) groups is 1. The minimum atomic E-state index is 0. The summed E-state index contributed by atoms with van der Waals surface area (Å²) in [6.45, 7) is 9.16. The van der Waals surface area contributed by atoms with E-state index in [1.165, 1.54) is 0 Å². The summed E-state index contributed by atoms with van der Waals surface area (Å²) in [4.78, 5) is 7.16. The molecule has 1 aliphatic rings. The Morgan fingerprint density at radius 1 is 1.06 bits per heavy atom. The van der Waals surface area contributed by atoms with Crippen LogP contribution in [-0.2, 0) is 37.4 Å². The number of aryl methyl sites for hydroxylation is 1. The van der Waals surface area contributed by atoms with Crippen LogP contribution in [-0.4, -0.2) is 53.1 Å². The molecule has 31 heavy (non-hydrogen) atoms. The zero-order chi connectivity index (χ0) is 20.8. The molecule has 2 N–H and O–H groups in total. The van der Waals surface area contributed by atoms with Gasteiger partial charge in [0, 0.05) is 69.8 Å². The number of ether oxygens (including phenoxy) is 1. The molecule has 1 aromatic carbocycles. The van der Waals surface area contributed by atoms with Gasteiger partial charge in [0.25, 0.3) is 0 Å². The predicted molar refractivity (Wildman–Crippen MR) is 129 cm³/mol. The minimum Gasteiger partial charge on any atom is -0.378 e. The number of morpholine rings is 1. The second-order valence-electron chi connectivity index (χ2n) is 6.41. The Bertz CT molecular complexity index is 970. The van der Waals surface area contributed by atoms with Gasteiger partial charge in [-0.05, 0) is 55.5 Å². The van der Waals surface area contributed by atoms with Crippen molar-refractivity contribution in [3.8, 4) is 11.4 Å². The summed E-state index contributed by atoms with van der Waals surface area (Å²) in [6.07, 6.45) is 0. The Morgan fingerprint density at radius 2 is 1.71 bits per heavy atom. The topological polar surface area (TPSA) is 66.7 Å². The normalized spacial score (nSPS) is 12.7. The first-order valence-electron chi connectivity index (χ1n) is 9.94. The number of fused-ring (bicyclic) bond motifs is 1. The van der Waals surface area contributed by atoms with Crippen molar-refractivity contribution in [1.82, 2.24) is 19.9 Å². The van der Waals surface area contributed by atoms with Crippen molar-refractivity contribution in [2.75, 3.05) is 43.6 Å². The molecule has 0 unspecified atom stereocenters. The molecule has 0 spiro atoms. The molecule has 0 amide bonds. The molecule has 1 saturated heterocycles. The smallest absolute Gasteiger partial charge is 0.182 e. The summed E-state index contributed by atoms with van der Waals surface area (Å²) in [5.41, 5.74) is 3.99. The van der Waals surface area contributed by atoms with Gasteiger partial charge in [0.15, 0.2) is 16.8 Å². The van der Waals surface area contributed by atoms with Crippen molar-refractivity contribution in [1.29, 1.82) is 0 Å². The second kappa shape index (κ2) is 13.1. The molecule has 0 bridgehead atoms. The van der Waals surface area contributed by atoms with E-state index in [9.17, 15) is 0 Å². The van der Waals surface area contributed by atoms with E-state index in [1.807, 2.05) is 42.6 Å². The molecule has 1 fully saturated rings. The summed E-state index contributed by atoms with van der Waals surface area (Å²) >= 11 is 5.14. The van der Waals surface area contributed by atoms with Crippen LogP contribution in [0, 0.1) is 14.4 Å². The quantitative estimate of drug-likeness (QED) is 0.404. The van der Waals surface area contributed by atoms with Crippen molar-refractivity contribution >= 4 is 34.4 Å². The first-order valence-corrected chi connectivity index (χ1v) is 10.3. The summed E-state index contributed by atoms with van der Waals surface area (Å²) in [6, 6.07) is 12.1. The van der Waals surface area contributed by atoms with Crippen LogP contribution in [0.15, 0.2) is 36.4 Å². The second-order valence-corrected chi connectivity index (χ2v) is 6.82. The third-order valence-electron chi connectivity index (χ3n) is 4.62. The zero-order valence-electron chi connectivity index (χ0n) is 19.0. The van der Waals surface area contributed by atoms with Crippen LogP contribution in [0.1, 0.15) is 19.5 Å². The summed E-state index contributed by atoms with van der Waals surface area (Å²) in [7, 11) is 1.79. The largest absolute Gasteiger partial charge is 0.378 e. The van der Waals surface area contributed by atoms with Gasteiger partial charge in [0.05, 0.1) is 13.2 Å². The molecule has 3 aromatic rings. The number of benzene rings is 1. The fourth-order valence-corrected chi connectivity index (χ4v) is 3.25. The van der Waals surface area contributed by atoms with Gasteiger partial charge in [-0.15, -0.1) is 5.10 Å². The monoisotopic (exact) mass is 516 g/mol. The number of nitrogens with zero attached hydrogens (tertiary/aromatic N) is 4. The van der Waals surface area contributed by atoms with Crippen LogP contribution in [0.5, 0.6) is 0 Å². The number of nitrogens with one attached hydrogen (secondary N) is 2. The first kappa shape index (κ1) is 27.4. The molecule has 4 rings (SSSR count). The molecular formula is C22H31N6OSY-. The maximum Gasteiger partial charge on any atom is 0.182 e. The van der Waals surface area contributed by atoms with Gasteiger partial charge < -0.3 is 27.7 Å². The fourth-order valence-electron chi connectivity index (χ4n) is 3.13. The molecular weight excluding hydrogens is 485 g/mol. The summed E-state index contributed by atoms with van der Waals surface area (Å²) in [5.74, 6) is 1.65. The summed E-state index contributed by atoms with van der Waals surface area (Å²) < 4.78 is 7.46. The molecule has 0 aliphatic carbocycles. The molecule has 0 atom stereocenters. The number of hydrogen-bond donors (Lipinski definition) is 2.